The highest BCUT2D eigenvalue weighted by atomic mass is 35.5. The lowest BCUT2D eigenvalue weighted by Crippen LogP contribution is -2.52. The van der Waals surface area contributed by atoms with Crippen LogP contribution in [0.5, 0.6) is 0 Å². The number of ether oxygens (including phenoxy) is 1. The van der Waals surface area contributed by atoms with E-state index in [9.17, 15) is 24.0 Å². The molecule has 0 spiro atoms. The molecule has 2 atom stereocenters. The molecule has 0 radical (unpaired) electrons. The van der Waals surface area contributed by atoms with Gasteiger partial charge in [-0.25, -0.2) is 14.8 Å². The van der Waals surface area contributed by atoms with E-state index in [1.165, 1.54) is 13.3 Å². The average molecular weight is 664 g/mol. The summed E-state index contributed by atoms with van der Waals surface area (Å²) in [5.74, 6) is -3.13. The molecule has 0 bridgehead atoms. The highest BCUT2D eigenvalue weighted by molar-refractivity contribution is 6.29. The molecule has 0 saturated heterocycles. The Morgan fingerprint density at radius 2 is 1.57 bits per heavy atom. The van der Waals surface area contributed by atoms with Crippen LogP contribution in [-0.4, -0.2) is 65.3 Å². The Bertz CT molecular complexity index is 1560. The molecule has 4 amide bonds. The van der Waals surface area contributed by atoms with Crippen molar-refractivity contribution < 1.29 is 28.7 Å². The van der Waals surface area contributed by atoms with Gasteiger partial charge < -0.3 is 31.3 Å². The largest absolute Gasteiger partial charge is 0.467 e. The van der Waals surface area contributed by atoms with Crippen molar-refractivity contribution in [1.29, 1.82) is 0 Å². The standard InChI is InChI=1S/C33H38ClN7O6/c1-20(2)15-25(32(46)47-4)38-28(42)19-35-30(44)24(17-22-11-7-5-8-12-22)39-31(45)26(40-29(43)23-13-9-6-10-14-23)18-36-33-37-21(3)16-27(34)41-33/h5-14,16,18,20,24-25H,15,17,19H2,1-4H3,(H,35,44)(H,38,42)(H,39,45)(H,40,43)(H,36,37,41)/b26-18-/t24-,25-/m0/s1. The van der Waals surface area contributed by atoms with Gasteiger partial charge in [-0.3, -0.25) is 19.2 Å². The highest BCUT2D eigenvalue weighted by Crippen LogP contribution is 2.11. The molecule has 248 valence electrons. The maximum Gasteiger partial charge on any atom is 0.328 e. The van der Waals surface area contributed by atoms with Gasteiger partial charge in [-0.2, -0.15) is 0 Å². The average Bonchev–Trinajstić information content (AvgIpc) is 3.04. The minimum absolute atomic E-state index is 0.0576. The van der Waals surface area contributed by atoms with Gasteiger partial charge in [-0.05, 0) is 43.0 Å². The number of nitrogens with zero attached hydrogens (tertiary/aromatic N) is 2. The van der Waals surface area contributed by atoms with Crippen LogP contribution in [0, 0.1) is 12.8 Å². The molecule has 2 aromatic carbocycles. The molecule has 1 aromatic heterocycles. The zero-order valence-corrected chi connectivity index (χ0v) is 27.3. The predicted molar refractivity (Wildman–Crippen MR) is 176 cm³/mol. The molecule has 0 saturated carbocycles. The van der Waals surface area contributed by atoms with Gasteiger partial charge in [0.15, 0.2) is 0 Å². The van der Waals surface area contributed by atoms with E-state index in [0.29, 0.717) is 12.1 Å². The fraction of sp³-hybridized carbons (Fsp3) is 0.303. The molecule has 0 fully saturated rings. The van der Waals surface area contributed by atoms with Crippen LogP contribution < -0.4 is 26.6 Å². The van der Waals surface area contributed by atoms with Crippen molar-refractivity contribution in [1.82, 2.24) is 31.2 Å². The molecular weight excluding hydrogens is 626 g/mol. The number of aryl methyl sites for hydroxylation is 1. The highest BCUT2D eigenvalue weighted by Gasteiger charge is 2.26. The number of anilines is 1. The Labute approximate surface area is 277 Å². The third-order valence-corrected chi connectivity index (χ3v) is 6.75. The first kappa shape index (κ1) is 36.2. The SMILES string of the molecule is COC(=O)[C@H](CC(C)C)NC(=O)CNC(=O)[C@H](Cc1ccccc1)NC(=O)/C(=C/Nc1nc(C)cc(Cl)n1)NC(=O)c1ccccc1. The summed E-state index contributed by atoms with van der Waals surface area (Å²) in [4.78, 5) is 73.2. The van der Waals surface area contributed by atoms with Gasteiger partial charge >= 0.3 is 5.97 Å². The number of carbonyl (C=O) groups excluding carboxylic acids is 5. The lowest BCUT2D eigenvalue weighted by Gasteiger charge is -2.21. The maximum atomic E-state index is 13.7. The Hall–Kier alpha value is -5.30. The second-order valence-electron chi connectivity index (χ2n) is 10.9. The molecule has 14 heteroatoms. The lowest BCUT2D eigenvalue weighted by atomic mass is 10.0. The molecule has 3 aromatic rings. The van der Waals surface area contributed by atoms with Crippen LogP contribution in [0.3, 0.4) is 0 Å². The zero-order valence-electron chi connectivity index (χ0n) is 26.5. The summed E-state index contributed by atoms with van der Waals surface area (Å²) >= 11 is 6.04. The van der Waals surface area contributed by atoms with Crippen molar-refractivity contribution in [3.05, 3.63) is 101 Å². The number of aromatic nitrogens is 2. The normalized spacial score (nSPS) is 12.3. The van der Waals surface area contributed by atoms with E-state index in [1.54, 1.807) is 67.6 Å². The number of amides is 4. The van der Waals surface area contributed by atoms with Crippen LogP contribution in [-0.2, 0) is 30.3 Å². The third-order valence-electron chi connectivity index (χ3n) is 6.55. The minimum atomic E-state index is -1.17. The number of esters is 1. The van der Waals surface area contributed by atoms with Crippen LogP contribution >= 0.6 is 11.6 Å². The van der Waals surface area contributed by atoms with E-state index in [-0.39, 0.29) is 34.7 Å². The first-order chi connectivity index (χ1) is 22.4. The number of carbonyl (C=O) groups is 5. The first-order valence-electron chi connectivity index (χ1n) is 14.8. The fourth-order valence-corrected chi connectivity index (χ4v) is 4.57. The number of hydrogen-bond donors (Lipinski definition) is 5. The van der Waals surface area contributed by atoms with E-state index < -0.39 is 48.2 Å². The van der Waals surface area contributed by atoms with Gasteiger partial charge in [-0.1, -0.05) is 74.0 Å². The van der Waals surface area contributed by atoms with E-state index in [4.69, 9.17) is 16.3 Å². The quantitative estimate of drug-likeness (QED) is 0.0928. The number of rotatable bonds is 15. The molecule has 0 aliphatic heterocycles. The number of hydrogen-bond acceptors (Lipinski definition) is 9. The zero-order chi connectivity index (χ0) is 34.3. The topological polar surface area (TPSA) is 181 Å². The molecular formula is C33H38ClN7O6. The summed E-state index contributed by atoms with van der Waals surface area (Å²) in [6.07, 6.45) is 1.59. The van der Waals surface area contributed by atoms with E-state index in [2.05, 4.69) is 36.6 Å². The van der Waals surface area contributed by atoms with Crippen molar-refractivity contribution in [2.24, 2.45) is 5.92 Å². The van der Waals surface area contributed by atoms with Crippen LogP contribution in [0.4, 0.5) is 5.95 Å². The number of halogens is 1. The Morgan fingerprint density at radius 3 is 2.19 bits per heavy atom. The number of benzene rings is 2. The molecule has 47 heavy (non-hydrogen) atoms. The van der Waals surface area contributed by atoms with E-state index in [0.717, 1.165) is 5.56 Å². The maximum absolute atomic E-state index is 13.7. The number of methoxy groups -OCH3 is 1. The lowest BCUT2D eigenvalue weighted by molar-refractivity contribution is -0.145. The van der Waals surface area contributed by atoms with Crippen LogP contribution in [0.2, 0.25) is 5.15 Å². The Balaban J connectivity index is 1.82. The summed E-state index contributed by atoms with van der Waals surface area (Å²) in [6.45, 7) is 5.03. The summed E-state index contributed by atoms with van der Waals surface area (Å²) in [5.41, 5.74) is 1.32. The van der Waals surface area contributed by atoms with Crippen molar-refractivity contribution in [2.75, 3.05) is 19.0 Å². The second kappa shape index (κ2) is 18.0. The monoisotopic (exact) mass is 663 g/mol. The summed E-state index contributed by atoms with van der Waals surface area (Å²) in [5, 5.41) is 13.3. The van der Waals surface area contributed by atoms with Gasteiger partial charge in [0.2, 0.25) is 17.8 Å². The minimum Gasteiger partial charge on any atom is -0.467 e. The van der Waals surface area contributed by atoms with Gasteiger partial charge in [0.25, 0.3) is 11.8 Å². The van der Waals surface area contributed by atoms with E-state index >= 15 is 0 Å². The first-order valence-corrected chi connectivity index (χ1v) is 15.2. The van der Waals surface area contributed by atoms with Crippen molar-refractivity contribution in [3.63, 3.8) is 0 Å². The molecule has 0 aliphatic rings. The summed E-state index contributed by atoms with van der Waals surface area (Å²) < 4.78 is 4.78. The van der Waals surface area contributed by atoms with Crippen LogP contribution in [0.15, 0.2) is 78.6 Å². The van der Waals surface area contributed by atoms with Crippen LogP contribution in [0.1, 0.15) is 41.9 Å². The second-order valence-corrected chi connectivity index (χ2v) is 11.3. The van der Waals surface area contributed by atoms with Crippen molar-refractivity contribution >= 4 is 47.1 Å². The van der Waals surface area contributed by atoms with Crippen molar-refractivity contribution in [3.8, 4) is 0 Å². The fourth-order valence-electron chi connectivity index (χ4n) is 4.33. The predicted octanol–water partition coefficient (Wildman–Crippen LogP) is 2.67. The van der Waals surface area contributed by atoms with Crippen molar-refractivity contribution in [2.45, 2.75) is 45.7 Å². The Morgan fingerprint density at radius 1 is 0.915 bits per heavy atom. The van der Waals surface area contributed by atoms with E-state index in [1.807, 2.05) is 19.9 Å². The number of nitrogens with one attached hydrogen (secondary N) is 5. The summed E-state index contributed by atoms with van der Waals surface area (Å²) in [7, 11) is 1.23. The molecule has 1 heterocycles. The van der Waals surface area contributed by atoms with Gasteiger partial charge in [-0.15, -0.1) is 0 Å². The molecule has 13 nitrogen and oxygen atoms in total. The van der Waals surface area contributed by atoms with Gasteiger partial charge in [0.05, 0.1) is 13.7 Å². The molecule has 0 aliphatic carbocycles. The molecule has 0 unspecified atom stereocenters. The third kappa shape index (κ3) is 12.2. The smallest absolute Gasteiger partial charge is 0.328 e. The van der Waals surface area contributed by atoms with Gasteiger partial charge in [0, 0.05) is 23.9 Å². The van der Waals surface area contributed by atoms with Gasteiger partial charge in [0.1, 0.15) is 22.9 Å². The Kier molecular flexibility index (Phi) is 13.9. The molecule has 3 rings (SSSR count). The molecule has 5 N–H and O–H groups in total. The van der Waals surface area contributed by atoms with Crippen LogP contribution in [0.25, 0.3) is 0 Å². The summed E-state index contributed by atoms with van der Waals surface area (Å²) in [6, 6.07) is 16.7.